The topological polar surface area (TPSA) is 101 Å². The Morgan fingerprint density at radius 2 is 2.00 bits per heavy atom. The van der Waals surface area contributed by atoms with Crippen molar-refractivity contribution >= 4 is 21.4 Å². The van der Waals surface area contributed by atoms with Crippen molar-refractivity contribution in [1.29, 1.82) is 0 Å². The van der Waals surface area contributed by atoms with Gasteiger partial charge in [0.05, 0.1) is 4.92 Å². The molecule has 1 aromatic carbocycles. The van der Waals surface area contributed by atoms with Gasteiger partial charge >= 0.3 is 0 Å². The molecular formula is C12H19N3O4S. The van der Waals surface area contributed by atoms with Crippen LogP contribution in [0, 0.1) is 10.1 Å². The minimum Gasteiger partial charge on any atom is -0.385 e. The van der Waals surface area contributed by atoms with Crippen LogP contribution in [0.3, 0.4) is 0 Å². The molecule has 0 aromatic heterocycles. The fourth-order valence-electron chi connectivity index (χ4n) is 1.66. The third-order valence-corrected chi connectivity index (χ3v) is 4.16. The molecule has 0 fully saturated rings. The van der Waals surface area contributed by atoms with Gasteiger partial charge in [-0.2, -0.15) is 0 Å². The SMILES string of the molecule is CCCCNS(=O)(=O)c1ccc(NCC)cc1[N+](=O)[O-]. The lowest BCUT2D eigenvalue weighted by Gasteiger charge is -2.09. The van der Waals surface area contributed by atoms with Crippen molar-refractivity contribution in [3.8, 4) is 0 Å². The van der Waals surface area contributed by atoms with Gasteiger partial charge in [0.25, 0.3) is 5.69 Å². The van der Waals surface area contributed by atoms with E-state index >= 15 is 0 Å². The van der Waals surface area contributed by atoms with E-state index in [0.29, 0.717) is 18.7 Å². The highest BCUT2D eigenvalue weighted by Crippen LogP contribution is 2.27. The maximum absolute atomic E-state index is 12.1. The number of rotatable bonds is 8. The quantitative estimate of drug-likeness (QED) is 0.435. The first-order valence-electron chi connectivity index (χ1n) is 6.44. The highest BCUT2D eigenvalue weighted by molar-refractivity contribution is 7.89. The van der Waals surface area contributed by atoms with Crippen LogP contribution < -0.4 is 10.0 Å². The molecule has 0 atom stereocenters. The van der Waals surface area contributed by atoms with E-state index in [4.69, 9.17) is 0 Å². The van der Waals surface area contributed by atoms with E-state index in [1.807, 2.05) is 13.8 Å². The fraction of sp³-hybridized carbons (Fsp3) is 0.500. The molecule has 8 heteroatoms. The van der Waals surface area contributed by atoms with E-state index in [1.54, 1.807) is 0 Å². The van der Waals surface area contributed by atoms with Gasteiger partial charge in [0.1, 0.15) is 0 Å². The fourth-order valence-corrected chi connectivity index (χ4v) is 2.89. The minimum absolute atomic E-state index is 0.269. The summed E-state index contributed by atoms with van der Waals surface area (Å²) in [4.78, 5) is 10.0. The van der Waals surface area contributed by atoms with Crippen molar-refractivity contribution in [2.24, 2.45) is 0 Å². The maximum atomic E-state index is 12.1. The van der Waals surface area contributed by atoms with Gasteiger partial charge in [-0.3, -0.25) is 10.1 Å². The number of nitrogens with one attached hydrogen (secondary N) is 2. The molecule has 0 radical (unpaired) electrons. The first-order valence-corrected chi connectivity index (χ1v) is 7.92. The number of benzene rings is 1. The Kier molecular flexibility index (Phi) is 5.90. The number of unbranched alkanes of at least 4 members (excludes halogenated alkanes) is 1. The second kappa shape index (κ2) is 7.20. The van der Waals surface area contributed by atoms with Crippen LogP contribution in [-0.4, -0.2) is 26.4 Å². The molecule has 1 aromatic rings. The summed E-state index contributed by atoms with van der Waals surface area (Å²) in [5.74, 6) is 0. The number of sulfonamides is 1. The molecule has 0 saturated heterocycles. The van der Waals surface area contributed by atoms with Crippen molar-refractivity contribution in [3.05, 3.63) is 28.3 Å². The average molecular weight is 301 g/mol. The number of hydrogen-bond acceptors (Lipinski definition) is 5. The molecule has 0 aliphatic rings. The van der Waals surface area contributed by atoms with Crippen LogP contribution in [0.15, 0.2) is 23.1 Å². The summed E-state index contributed by atoms with van der Waals surface area (Å²) >= 11 is 0. The van der Waals surface area contributed by atoms with Gasteiger partial charge in [-0.15, -0.1) is 0 Å². The molecule has 7 nitrogen and oxygen atoms in total. The van der Waals surface area contributed by atoms with E-state index < -0.39 is 20.6 Å². The predicted molar refractivity (Wildman–Crippen MR) is 77.4 cm³/mol. The summed E-state index contributed by atoms with van der Waals surface area (Å²) in [5.41, 5.74) is 0.0964. The summed E-state index contributed by atoms with van der Waals surface area (Å²) in [6, 6.07) is 4.01. The molecule has 112 valence electrons. The van der Waals surface area contributed by atoms with Crippen LogP contribution in [0.4, 0.5) is 11.4 Å². The summed E-state index contributed by atoms with van der Waals surface area (Å²) < 4.78 is 26.5. The zero-order valence-corrected chi connectivity index (χ0v) is 12.4. The average Bonchev–Trinajstić information content (AvgIpc) is 2.39. The van der Waals surface area contributed by atoms with Crippen molar-refractivity contribution in [1.82, 2.24) is 4.72 Å². The molecule has 20 heavy (non-hydrogen) atoms. The molecule has 0 amide bonds. The highest BCUT2D eigenvalue weighted by Gasteiger charge is 2.25. The van der Waals surface area contributed by atoms with Crippen LogP contribution >= 0.6 is 0 Å². The van der Waals surface area contributed by atoms with Gasteiger partial charge in [-0.05, 0) is 25.5 Å². The zero-order valence-electron chi connectivity index (χ0n) is 11.5. The third kappa shape index (κ3) is 4.17. The summed E-state index contributed by atoms with van der Waals surface area (Å²) in [5, 5.41) is 14.0. The van der Waals surface area contributed by atoms with Crippen molar-refractivity contribution in [2.45, 2.75) is 31.6 Å². The van der Waals surface area contributed by atoms with E-state index in [2.05, 4.69) is 10.0 Å². The molecule has 0 spiro atoms. The third-order valence-electron chi connectivity index (χ3n) is 2.65. The first kappa shape index (κ1) is 16.4. The molecule has 1 rings (SSSR count). The first-order chi connectivity index (χ1) is 9.42. The Labute approximate surface area is 118 Å². The van der Waals surface area contributed by atoms with E-state index in [1.165, 1.54) is 18.2 Å². The highest BCUT2D eigenvalue weighted by atomic mass is 32.2. The van der Waals surface area contributed by atoms with Crippen LogP contribution in [-0.2, 0) is 10.0 Å². The molecule has 0 unspecified atom stereocenters. The van der Waals surface area contributed by atoms with Gasteiger partial charge in [0.15, 0.2) is 4.90 Å². The molecule has 0 bridgehead atoms. The maximum Gasteiger partial charge on any atom is 0.291 e. The van der Waals surface area contributed by atoms with E-state index in [0.717, 1.165) is 6.42 Å². The van der Waals surface area contributed by atoms with Crippen LogP contribution in [0.1, 0.15) is 26.7 Å². The number of nitro benzene ring substituents is 1. The normalized spacial score (nSPS) is 11.3. The zero-order chi connectivity index (χ0) is 15.2. The number of anilines is 1. The lowest BCUT2D eigenvalue weighted by molar-refractivity contribution is -0.387. The largest absolute Gasteiger partial charge is 0.385 e. The van der Waals surface area contributed by atoms with Gasteiger partial charge in [-0.25, -0.2) is 13.1 Å². The Hall–Kier alpha value is -1.67. The summed E-state index contributed by atoms with van der Waals surface area (Å²) in [6.45, 7) is 4.65. The predicted octanol–water partition coefficient (Wildman–Crippen LogP) is 2.10. The number of nitro groups is 1. The number of nitrogens with zero attached hydrogens (tertiary/aromatic N) is 1. The van der Waals surface area contributed by atoms with Gasteiger partial charge in [0.2, 0.25) is 10.0 Å². The molecule has 0 heterocycles. The van der Waals surface area contributed by atoms with Gasteiger partial charge in [0, 0.05) is 24.8 Å². The molecular weight excluding hydrogens is 282 g/mol. The van der Waals surface area contributed by atoms with Crippen LogP contribution in [0.5, 0.6) is 0 Å². The Balaban J connectivity index is 3.13. The molecule has 0 saturated carbocycles. The van der Waals surface area contributed by atoms with E-state index in [-0.39, 0.29) is 11.4 Å². The lowest BCUT2D eigenvalue weighted by atomic mass is 10.3. The number of hydrogen-bond donors (Lipinski definition) is 2. The van der Waals surface area contributed by atoms with Crippen molar-refractivity contribution in [3.63, 3.8) is 0 Å². The standard InChI is InChI=1S/C12H19N3O4S/c1-3-5-8-14-20(18,19)12-7-6-10(13-4-2)9-11(12)15(16)17/h6-7,9,13-14H,3-5,8H2,1-2H3. The molecule has 2 N–H and O–H groups in total. The van der Waals surface area contributed by atoms with Gasteiger partial charge < -0.3 is 5.32 Å². The van der Waals surface area contributed by atoms with E-state index in [9.17, 15) is 18.5 Å². The smallest absolute Gasteiger partial charge is 0.291 e. The monoisotopic (exact) mass is 301 g/mol. The van der Waals surface area contributed by atoms with Crippen LogP contribution in [0.25, 0.3) is 0 Å². The van der Waals surface area contributed by atoms with Crippen molar-refractivity contribution in [2.75, 3.05) is 18.4 Å². The Morgan fingerprint density at radius 3 is 2.55 bits per heavy atom. The Bertz CT molecular complexity index is 572. The van der Waals surface area contributed by atoms with Gasteiger partial charge in [-0.1, -0.05) is 13.3 Å². The summed E-state index contributed by atoms with van der Waals surface area (Å²) in [6.07, 6.45) is 1.52. The van der Waals surface area contributed by atoms with Crippen LogP contribution in [0.2, 0.25) is 0 Å². The molecule has 0 aliphatic heterocycles. The minimum atomic E-state index is -3.86. The second-order valence-corrected chi connectivity index (χ2v) is 5.96. The second-order valence-electron chi connectivity index (χ2n) is 4.22. The Morgan fingerprint density at radius 1 is 1.30 bits per heavy atom. The molecule has 0 aliphatic carbocycles. The van der Waals surface area contributed by atoms with Crippen molar-refractivity contribution < 1.29 is 13.3 Å². The lowest BCUT2D eigenvalue weighted by Crippen LogP contribution is -2.25. The summed E-state index contributed by atoms with van der Waals surface area (Å²) in [7, 11) is -3.86.